The molecule has 0 atom stereocenters. The molecule has 2 aromatic carbocycles. The number of benzene rings is 2. The number of nitrogens with zero attached hydrogens (tertiary/aromatic N) is 2. The number of aryl methyl sites for hydroxylation is 1. The molecule has 5 N–H and O–H groups in total. The van der Waals surface area contributed by atoms with Crippen molar-refractivity contribution in [3.8, 4) is 11.5 Å². The van der Waals surface area contributed by atoms with Gasteiger partial charge in [-0.15, -0.1) is 0 Å². The number of carbonyl (C=O) groups excluding carboxylic acids is 2. The van der Waals surface area contributed by atoms with Crippen LogP contribution in [0, 0.1) is 6.92 Å². The zero-order valence-electron chi connectivity index (χ0n) is 18.4. The van der Waals surface area contributed by atoms with Crippen molar-refractivity contribution >= 4 is 23.3 Å². The van der Waals surface area contributed by atoms with Crippen LogP contribution in [-0.2, 0) is 11.3 Å². The van der Waals surface area contributed by atoms with Gasteiger partial charge in [-0.05, 0) is 35.4 Å². The minimum atomic E-state index is -0.472. The number of rotatable bonds is 11. The maximum Gasteiger partial charge on any atom is 0.277 e. The van der Waals surface area contributed by atoms with Crippen LogP contribution in [0.4, 0.5) is 11.5 Å². The van der Waals surface area contributed by atoms with Gasteiger partial charge < -0.3 is 31.2 Å². The number of methoxy groups -OCH3 is 1. The monoisotopic (exact) mass is 454 g/mol. The van der Waals surface area contributed by atoms with Gasteiger partial charge in [0.2, 0.25) is 11.5 Å². The number of amides is 2. The van der Waals surface area contributed by atoms with E-state index < -0.39 is 5.91 Å². The quantitative estimate of drug-likeness (QED) is 0.316. The molecule has 174 valence electrons. The van der Waals surface area contributed by atoms with Gasteiger partial charge in [-0.25, -0.2) is 4.63 Å². The Morgan fingerprint density at radius 3 is 2.58 bits per heavy atom. The number of anilines is 2. The first-order valence-electron chi connectivity index (χ1n) is 10.2. The van der Waals surface area contributed by atoms with E-state index in [1.54, 1.807) is 6.07 Å². The van der Waals surface area contributed by atoms with Crippen LogP contribution in [0.15, 0.2) is 47.1 Å². The molecule has 0 aliphatic carbocycles. The highest BCUT2D eigenvalue weighted by Gasteiger charge is 2.15. The SMILES string of the molecule is COc1cccc(CNCCNC(=O)c2nonc2N)c1OCC(=O)Nc1ccc(C)cc1. The predicted molar refractivity (Wildman–Crippen MR) is 121 cm³/mol. The van der Waals surface area contributed by atoms with Crippen LogP contribution < -0.4 is 31.2 Å². The van der Waals surface area contributed by atoms with Gasteiger partial charge in [0, 0.05) is 30.9 Å². The van der Waals surface area contributed by atoms with Crippen LogP contribution in [0.25, 0.3) is 0 Å². The van der Waals surface area contributed by atoms with E-state index in [1.807, 2.05) is 43.3 Å². The first-order valence-corrected chi connectivity index (χ1v) is 10.2. The van der Waals surface area contributed by atoms with Crippen LogP contribution in [0.3, 0.4) is 0 Å². The fourth-order valence-electron chi connectivity index (χ4n) is 2.92. The molecule has 0 saturated heterocycles. The summed E-state index contributed by atoms with van der Waals surface area (Å²) >= 11 is 0. The first-order chi connectivity index (χ1) is 16.0. The Bertz CT molecular complexity index is 1080. The molecule has 0 bridgehead atoms. The summed E-state index contributed by atoms with van der Waals surface area (Å²) in [4.78, 5) is 24.2. The van der Waals surface area contributed by atoms with Crippen molar-refractivity contribution in [2.45, 2.75) is 13.5 Å². The third-order valence-corrected chi connectivity index (χ3v) is 4.60. The van der Waals surface area contributed by atoms with Gasteiger partial charge in [0.25, 0.3) is 11.8 Å². The largest absolute Gasteiger partial charge is 0.493 e. The van der Waals surface area contributed by atoms with E-state index in [0.717, 1.165) is 11.1 Å². The van der Waals surface area contributed by atoms with Gasteiger partial charge >= 0.3 is 0 Å². The fraction of sp³-hybridized carbons (Fsp3) is 0.273. The Kier molecular flexibility index (Phi) is 8.19. The minimum Gasteiger partial charge on any atom is -0.493 e. The average molecular weight is 454 g/mol. The molecule has 0 spiro atoms. The molecule has 3 aromatic rings. The molecule has 3 rings (SSSR count). The standard InChI is InChI=1S/C22H26N6O5/c1-14-6-8-16(9-7-14)26-18(29)13-32-20-15(4-3-5-17(20)31-2)12-24-10-11-25-22(30)19-21(23)28-33-27-19/h3-9,24H,10-13H2,1-2H3,(H2,23,28)(H,25,30)(H,26,29). The van der Waals surface area contributed by atoms with Crippen molar-refractivity contribution in [2.75, 3.05) is 37.9 Å². The molecule has 0 radical (unpaired) electrons. The number of para-hydroxylation sites is 1. The molecule has 11 heteroatoms. The molecule has 0 aliphatic rings. The lowest BCUT2D eigenvalue weighted by molar-refractivity contribution is -0.118. The van der Waals surface area contributed by atoms with Crippen LogP contribution in [0.5, 0.6) is 11.5 Å². The molecule has 1 aromatic heterocycles. The molecule has 0 aliphatic heterocycles. The second-order valence-corrected chi connectivity index (χ2v) is 7.08. The molecule has 2 amide bonds. The van der Waals surface area contributed by atoms with E-state index in [1.165, 1.54) is 7.11 Å². The Labute approximate surface area is 190 Å². The lowest BCUT2D eigenvalue weighted by Crippen LogP contribution is -2.32. The minimum absolute atomic E-state index is 0.0533. The first kappa shape index (κ1) is 23.5. The second-order valence-electron chi connectivity index (χ2n) is 7.08. The Morgan fingerprint density at radius 2 is 1.88 bits per heavy atom. The summed E-state index contributed by atoms with van der Waals surface area (Å²) < 4.78 is 15.6. The van der Waals surface area contributed by atoms with Crippen LogP contribution in [0.2, 0.25) is 0 Å². The van der Waals surface area contributed by atoms with Crippen molar-refractivity contribution in [1.82, 2.24) is 20.9 Å². The molecule has 0 saturated carbocycles. The number of nitrogens with two attached hydrogens (primary N) is 1. The third kappa shape index (κ3) is 6.68. The number of aromatic nitrogens is 2. The molecule has 0 unspecified atom stereocenters. The van der Waals surface area contributed by atoms with Crippen molar-refractivity contribution in [3.63, 3.8) is 0 Å². The number of nitrogen functional groups attached to an aromatic ring is 1. The van der Waals surface area contributed by atoms with E-state index in [0.29, 0.717) is 36.8 Å². The summed E-state index contributed by atoms with van der Waals surface area (Å²) in [6.45, 7) is 3.01. The van der Waals surface area contributed by atoms with Gasteiger partial charge in [0.1, 0.15) is 0 Å². The lowest BCUT2D eigenvalue weighted by Gasteiger charge is -2.15. The zero-order chi connectivity index (χ0) is 23.6. The zero-order valence-corrected chi connectivity index (χ0v) is 18.4. The van der Waals surface area contributed by atoms with Crippen molar-refractivity contribution in [1.29, 1.82) is 0 Å². The van der Waals surface area contributed by atoms with E-state index >= 15 is 0 Å². The summed E-state index contributed by atoms with van der Waals surface area (Å²) in [7, 11) is 1.53. The Hall–Kier alpha value is -4.12. The Morgan fingerprint density at radius 1 is 1.09 bits per heavy atom. The van der Waals surface area contributed by atoms with Crippen molar-refractivity contribution in [2.24, 2.45) is 0 Å². The van der Waals surface area contributed by atoms with Gasteiger partial charge in [-0.2, -0.15) is 0 Å². The van der Waals surface area contributed by atoms with E-state index in [2.05, 4.69) is 30.9 Å². The van der Waals surface area contributed by atoms with Crippen LogP contribution in [0.1, 0.15) is 21.6 Å². The van der Waals surface area contributed by atoms with E-state index in [4.69, 9.17) is 15.2 Å². The lowest BCUT2D eigenvalue weighted by atomic mass is 10.2. The second kappa shape index (κ2) is 11.5. The van der Waals surface area contributed by atoms with E-state index in [9.17, 15) is 9.59 Å². The molecule has 1 heterocycles. The maximum absolute atomic E-state index is 12.3. The van der Waals surface area contributed by atoms with Crippen molar-refractivity contribution < 1.29 is 23.7 Å². The fourth-order valence-corrected chi connectivity index (χ4v) is 2.92. The summed E-state index contributed by atoms with van der Waals surface area (Å²) in [5, 5.41) is 15.5. The molecule has 11 nitrogen and oxygen atoms in total. The van der Waals surface area contributed by atoms with Gasteiger partial charge in [-0.3, -0.25) is 9.59 Å². The topological polar surface area (TPSA) is 154 Å². The van der Waals surface area contributed by atoms with Gasteiger partial charge in [0.05, 0.1) is 7.11 Å². The van der Waals surface area contributed by atoms with Gasteiger partial charge in [-0.1, -0.05) is 29.8 Å². The normalized spacial score (nSPS) is 10.5. The average Bonchev–Trinajstić information content (AvgIpc) is 3.25. The highest BCUT2D eigenvalue weighted by atomic mass is 16.6. The number of hydrogen-bond donors (Lipinski definition) is 4. The van der Waals surface area contributed by atoms with Crippen LogP contribution in [-0.4, -0.2) is 48.9 Å². The van der Waals surface area contributed by atoms with Crippen LogP contribution >= 0.6 is 0 Å². The summed E-state index contributed by atoms with van der Waals surface area (Å²) in [5.41, 5.74) is 8.04. The molecular formula is C22H26N6O5. The van der Waals surface area contributed by atoms with Crippen molar-refractivity contribution in [3.05, 3.63) is 59.3 Å². The number of ether oxygens (including phenoxy) is 2. The summed E-state index contributed by atoms with van der Waals surface area (Å²) in [6.07, 6.45) is 0. The highest BCUT2D eigenvalue weighted by molar-refractivity contribution is 5.96. The van der Waals surface area contributed by atoms with E-state index in [-0.39, 0.29) is 24.0 Å². The molecule has 33 heavy (non-hydrogen) atoms. The summed E-state index contributed by atoms with van der Waals surface area (Å²) in [6, 6.07) is 12.9. The predicted octanol–water partition coefficient (Wildman–Crippen LogP) is 1.51. The number of carbonyl (C=O) groups is 2. The maximum atomic E-state index is 12.3. The number of nitrogens with one attached hydrogen (secondary N) is 3. The Balaban J connectivity index is 1.50. The molecular weight excluding hydrogens is 428 g/mol. The number of hydrogen-bond acceptors (Lipinski definition) is 9. The summed E-state index contributed by atoms with van der Waals surface area (Å²) in [5.74, 6) is 0.162. The highest BCUT2D eigenvalue weighted by Crippen LogP contribution is 2.31. The molecule has 0 fully saturated rings. The van der Waals surface area contributed by atoms with Gasteiger partial charge in [0.15, 0.2) is 18.1 Å². The third-order valence-electron chi connectivity index (χ3n) is 4.60. The smallest absolute Gasteiger partial charge is 0.277 e.